The number of hydrogen-bond acceptors (Lipinski definition) is 5. The first-order valence-electron chi connectivity index (χ1n) is 4.51. The fourth-order valence-electron chi connectivity index (χ4n) is 0.728. The van der Waals surface area contributed by atoms with E-state index >= 15 is 0 Å². The first kappa shape index (κ1) is 16.1. The van der Waals surface area contributed by atoms with Crippen LogP contribution in [0.4, 0.5) is 0 Å². The highest BCUT2D eigenvalue weighted by atomic mass is 35.5. The van der Waals surface area contributed by atoms with Crippen molar-refractivity contribution in [3.63, 3.8) is 0 Å². The number of halogens is 2. The lowest BCUT2D eigenvalue weighted by molar-refractivity contribution is -0.112. The normalized spacial score (nSPS) is 16.4. The molecular formula is C8H13Cl2O5P. The fraction of sp³-hybridized carbons (Fsp3) is 0.750. The Morgan fingerprint density at radius 2 is 2.00 bits per heavy atom. The zero-order chi connectivity index (χ0) is 12.6. The van der Waals surface area contributed by atoms with Crippen molar-refractivity contribution in [2.45, 2.75) is 18.2 Å². The summed E-state index contributed by atoms with van der Waals surface area (Å²) in [5.41, 5.74) is 0. The van der Waals surface area contributed by atoms with Gasteiger partial charge in [-0.1, -0.05) is 0 Å². The van der Waals surface area contributed by atoms with E-state index < -0.39 is 18.2 Å². The van der Waals surface area contributed by atoms with Crippen LogP contribution in [-0.4, -0.2) is 36.8 Å². The molecular weight excluding hydrogens is 278 g/mol. The van der Waals surface area contributed by atoms with Crippen LogP contribution in [0.2, 0.25) is 0 Å². The third kappa shape index (κ3) is 9.31. The van der Waals surface area contributed by atoms with Crippen LogP contribution < -0.4 is 0 Å². The lowest BCUT2D eigenvalue weighted by Crippen LogP contribution is -2.06. The van der Waals surface area contributed by atoms with Crippen LogP contribution in [0, 0.1) is 0 Å². The molecule has 0 bridgehead atoms. The number of rotatable bonds is 9. The minimum atomic E-state index is -3.20. The number of carbonyl (C=O) groups is 2. The van der Waals surface area contributed by atoms with E-state index in [0.29, 0.717) is 6.29 Å². The second kappa shape index (κ2) is 8.20. The van der Waals surface area contributed by atoms with Gasteiger partial charge >= 0.3 is 7.60 Å². The quantitative estimate of drug-likeness (QED) is 0.282. The first-order chi connectivity index (χ1) is 7.37. The molecule has 5 nitrogen and oxygen atoms in total. The van der Waals surface area contributed by atoms with Gasteiger partial charge in [-0.05, 0) is 18.0 Å². The third-order valence-electron chi connectivity index (χ3n) is 1.49. The molecule has 94 valence electrons. The van der Waals surface area contributed by atoms with Gasteiger partial charge in [0.25, 0.3) is 0 Å². The van der Waals surface area contributed by atoms with Gasteiger partial charge in [-0.3, -0.25) is 9.36 Å². The molecule has 0 radical (unpaired) electrons. The maximum absolute atomic E-state index is 11.5. The Morgan fingerprint density at radius 1 is 1.44 bits per heavy atom. The van der Waals surface area contributed by atoms with E-state index in [4.69, 9.17) is 32.2 Å². The second-order valence-corrected chi connectivity index (χ2v) is 6.02. The average Bonchev–Trinajstić information content (AvgIpc) is 2.16. The standard InChI is InChI=1S/C8H13Cl2O5P/c1-16(13,15-5-3-8(10)12)14-4-2-7(9)6-11/h6-7H,2-5H2,1H3. The van der Waals surface area contributed by atoms with Gasteiger partial charge in [0.2, 0.25) is 5.24 Å². The molecule has 8 heteroatoms. The first-order valence-corrected chi connectivity index (χ1v) is 7.32. The third-order valence-corrected chi connectivity index (χ3v) is 3.30. The molecule has 0 aromatic carbocycles. The Morgan fingerprint density at radius 3 is 2.50 bits per heavy atom. The van der Waals surface area contributed by atoms with E-state index in [2.05, 4.69) is 0 Å². The van der Waals surface area contributed by atoms with Crippen LogP contribution in [0.5, 0.6) is 0 Å². The summed E-state index contributed by atoms with van der Waals surface area (Å²) < 4.78 is 21.3. The number of alkyl halides is 1. The number of carbonyl (C=O) groups excluding carboxylic acids is 2. The largest absolute Gasteiger partial charge is 0.327 e. The molecule has 0 heterocycles. The van der Waals surface area contributed by atoms with E-state index in [1.54, 1.807) is 0 Å². The smallest absolute Gasteiger partial charge is 0.309 e. The van der Waals surface area contributed by atoms with E-state index in [0.717, 1.165) is 0 Å². The molecule has 0 rings (SSSR count). The summed E-state index contributed by atoms with van der Waals surface area (Å²) in [6.45, 7) is 1.26. The summed E-state index contributed by atoms with van der Waals surface area (Å²) in [7, 11) is -3.20. The molecule has 0 aliphatic rings. The van der Waals surface area contributed by atoms with Crippen molar-refractivity contribution in [2.75, 3.05) is 19.9 Å². The van der Waals surface area contributed by atoms with E-state index in [9.17, 15) is 14.2 Å². The van der Waals surface area contributed by atoms with Gasteiger partial charge < -0.3 is 13.8 Å². The molecule has 0 aliphatic heterocycles. The molecule has 2 unspecified atom stereocenters. The summed E-state index contributed by atoms with van der Waals surface area (Å²) in [6.07, 6.45) is 0.786. The summed E-state index contributed by atoms with van der Waals surface area (Å²) in [4.78, 5) is 20.5. The molecule has 0 aromatic rings. The number of aldehydes is 1. The molecule has 0 saturated carbocycles. The SMILES string of the molecule is CP(=O)(OCCC(=O)Cl)OCCC(Cl)C=O. The molecule has 16 heavy (non-hydrogen) atoms. The summed E-state index contributed by atoms with van der Waals surface area (Å²) >= 11 is 10.6. The van der Waals surface area contributed by atoms with Gasteiger partial charge in [0.05, 0.1) is 18.6 Å². The van der Waals surface area contributed by atoms with Crippen molar-refractivity contribution >= 4 is 42.3 Å². The molecule has 2 atom stereocenters. The molecule has 0 spiro atoms. The van der Waals surface area contributed by atoms with Crippen LogP contribution in [0.3, 0.4) is 0 Å². The highest BCUT2D eigenvalue weighted by Gasteiger charge is 2.17. The van der Waals surface area contributed by atoms with Gasteiger partial charge in [0.15, 0.2) is 0 Å². The van der Waals surface area contributed by atoms with Crippen molar-refractivity contribution in [2.24, 2.45) is 0 Å². The van der Waals surface area contributed by atoms with Gasteiger partial charge in [-0.15, -0.1) is 11.6 Å². The molecule has 0 amide bonds. The Bertz CT molecular complexity index is 284. The van der Waals surface area contributed by atoms with Crippen LogP contribution in [-0.2, 0) is 23.2 Å². The second-order valence-electron chi connectivity index (χ2n) is 2.98. The highest BCUT2D eigenvalue weighted by molar-refractivity contribution is 7.52. The van der Waals surface area contributed by atoms with Crippen LogP contribution in [0.15, 0.2) is 0 Å². The van der Waals surface area contributed by atoms with Crippen LogP contribution >= 0.6 is 30.8 Å². The van der Waals surface area contributed by atoms with E-state index in [1.165, 1.54) is 6.66 Å². The predicted molar refractivity (Wildman–Crippen MR) is 61.2 cm³/mol. The lowest BCUT2D eigenvalue weighted by Gasteiger charge is -2.13. The topological polar surface area (TPSA) is 69.7 Å². The molecule has 0 aromatic heterocycles. The van der Waals surface area contributed by atoms with Crippen molar-refractivity contribution in [1.29, 1.82) is 0 Å². The van der Waals surface area contributed by atoms with E-state index in [-0.39, 0.29) is 26.1 Å². The van der Waals surface area contributed by atoms with Gasteiger partial charge in [0, 0.05) is 13.1 Å². The molecule has 0 saturated heterocycles. The Labute approximate surface area is 104 Å². The average molecular weight is 291 g/mol. The number of hydrogen-bond donors (Lipinski definition) is 0. The van der Waals surface area contributed by atoms with Crippen LogP contribution in [0.1, 0.15) is 12.8 Å². The van der Waals surface area contributed by atoms with Crippen molar-refractivity contribution < 1.29 is 23.2 Å². The lowest BCUT2D eigenvalue weighted by atomic mass is 10.3. The van der Waals surface area contributed by atoms with E-state index in [1.807, 2.05) is 0 Å². The molecule has 0 N–H and O–H groups in total. The van der Waals surface area contributed by atoms with Crippen molar-refractivity contribution in [3.8, 4) is 0 Å². The van der Waals surface area contributed by atoms with Gasteiger partial charge in [-0.2, -0.15) is 0 Å². The summed E-state index contributed by atoms with van der Waals surface area (Å²) in [6, 6.07) is 0. The Balaban J connectivity index is 3.74. The molecule has 0 fully saturated rings. The maximum atomic E-state index is 11.5. The Hall–Kier alpha value is 0.0700. The minimum Gasteiger partial charge on any atom is -0.309 e. The zero-order valence-corrected chi connectivity index (χ0v) is 11.1. The highest BCUT2D eigenvalue weighted by Crippen LogP contribution is 2.44. The maximum Gasteiger partial charge on any atom is 0.327 e. The summed E-state index contributed by atoms with van der Waals surface area (Å²) in [5, 5.41) is -1.23. The predicted octanol–water partition coefficient (Wildman–Crippen LogP) is 2.19. The Kier molecular flexibility index (Phi) is 8.24. The van der Waals surface area contributed by atoms with Crippen molar-refractivity contribution in [3.05, 3.63) is 0 Å². The van der Waals surface area contributed by atoms with Crippen LogP contribution in [0.25, 0.3) is 0 Å². The zero-order valence-electron chi connectivity index (χ0n) is 8.73. The van der Waals surface area contributed by atoms with Gasteiger partial charge in [0.1, 0.15) is 6.29 Å². The van der Waals surface area contributed by atoms with Crippen molar-refractivity contribution in [1.82, 2.24) is 0 Å². The summed E-state index contributed by atoms with van der Waals surface area (Å²) in [5.74, 6) is 0. The van der Waals surface area contributed by atoms with Gasteiger partial charge in [-0.25, -0.2) is 0 Å². The monoisotopic (exact) mass is 290 g/mol. The minimum absolute atomic E-state index is 0.0325. The fourth-order valence-corrected chi connectivity index (χ4v) is 1.83. The molecule has 0 aliphatic carbocycles.